The summed E-state index contributed by atoms with van der Waals surface area (Å²) in [5.74, 6) is -0.265. The summed E-state index contributed by atoms with van der Waals surface area (Å²) < 4.78 is 1.17. The first-order valence-electron chi connectivity index (χ1n) is 7.84. The maximum absolute atomic E-state index is 12.2. The number of fused-ring (bicyclic) bond motifs is 1. The molecule has 0 fully saturated rings. The van der Waals surface area contributed by atoms with Crippen molar-refractivity contribution in [2.45, 2.75) is 0 Å². The van der Waals surface area contributed by atoms with Crippen LogP contribution in [0.4, 0.5) is 5.13 Å². The molecule has 4 rings (SSSR count). The maximum atomic E-state index is 12.2. The molecule has 0 unspecified atom stereocenters. The predicted octanol–water partition coefficient (Wildman–Crippen LogP) is 6.38. The highest BCUT2D eigenvalue weighted by Crippen LogP contribution is 2.38. The summed E-state index contributed by atoms with van der Waals surface area (Å²) in [6.07, 6.45) is 4.95. The minimum atomic E-state index is -0.265. The van der Waals surface area contributed by atoms with Gasteiger partial charge in [0.15, 0.2) is 5.13 Å². The van der Waals surface area contributed by atoms with E-state index >= 15 is 0 Å². The van der Waals surface area contributed by atoms with Crippen LogP contribution >= 0.6 is 45.9 Å². The van der Waals surface area contributed by atoms with Crippen molar-refractivity contribution in [1.29, 1.82) is 0 Å². The van der Waals surface area contributed by atoms with E-state index in [0.717, 1.165) is 22.0 Å². The van der Waals surface area contributed by atoms with Crippen molar-refractivity contribution in [3.05, 3.63) is 68.3 Å². The van der Waals surface area contributed by atoms with Crippen molar-refractivity contribution in [2.24, 2.45) is 0 Å². The summed E-state index contributed by atoms with van der Waals surface area (Å²) >= 11 is 14.7. The third-order valence-corrected chi connectivity index (χ3v) is 5.99. The Morgan fingerprint density at radius 1 is 1.19 bits per heavy atom. The monoisotopic (exact) mass is 431 g/mol. The van der Waals surface area contributed by atoms with Crippen LogP contribution in [0.3, 0.4) is 0 Å². The first-order chi connectivity index (χ1) is 13.1. The third kappa shape index (κ3) is 4.04. The lowest BCUT2D eigenvalue weighted by atomic mass is 10.1. The molecule has 0 spiro atoms. The summed E-state index contributed by atoms with van der Waals surface area (Å²) in [7, 11) is 0. The number of carbonyl (C=O) groups is 1. The lowest BCUT2D eigenvalue weighted by Crippen LogP contribution is -2.07. The van der Waals surface area contributed by atoms with E-state index < -0.39 is 0 Å². The van der Waals surface area contributed by atoms with Gasteiger partial charge in [0.25, 0.3) is 0 Å². The normalized spacial score (nSPS) is 11.3. The van der Waals surface area contributed by atoms with Crippen LogP contribution in [-0.4, -0.2) is 15.9 Å². The van der Waals surface area contributed by atoms with Gasteiger partial charge in [-0.2, -0.15) is 0 Å². The van der Waals surface area contributed by atoms with E-state index in [0.29, 0.717) is 19.5 Å². The number of carbonyl (C=O) groups excluding carboxylic acids is 1. The average molecular weight is 432 g/mol. The number of para-hydroxylation sites is 1. The lowest BCUT2D eigenvalue weighted by Gasteiger charge is -2.00. The number of pyridine rings is 1. The number of benzene rings is 1. The van der Waals surface area contributed by atoms with Gasteiger partial charge >= 0.3 is 0 Å². The zero-order valence-electron chi connectivity index (χ0n) is 13.6. The van der Waals surface area contributed by atoms with Crippen molar-refractivity contribution >= 4 is 73.9 Å². The van der Waals surface area contributed by atoms with Crippen LogP contribution in [0.2, 0.25) is 8.67 Å². The molecule has 3 heterocycles. The molecular formula is C19H11Cl2N3OS2. The zero-order chi connectivity index (χ0) is 18.8. The summed E-state index contributed by atoms with van der Waals surface area (Å²) in [6, 6.07) is 11.5. The van der Waals surface area contributed by atoms with Gasteiger partial charge in [-0.05, 0) is 18.2 Å². The van der Waals surface area contributed by atoms with E-state index in [2.05, 4.69) is 15.3 Å². The second-order valence-electron chi connectivity index (χ2n) is 5.52. The number of hydrogen-bond donors (Lipinski definition) is 1. The second-order valence-corrected chi connectivity index (χ2v) is 8.66. The van der Waals surface area contributed by atoms with Gasteiger partial charge in [-0.15, -0.1) is 22.7 Å². The van der Waals surface area contributed by atoms with E-state index in [1.54, 1.807) is 18.3 Å². The van der Waals surface area contributed by atoms with Crippen LogP contribution in [0.25, 0.3) is 28.2 Å². The van der Waals surface area contributed by atoms with E-state index in [4.69, 9.17) is 23.2 Å². The Labute approximate surface area is 173 Å². The third-order valence-electron chi connectivity index (χ3n) is 3.75. The molecule has 0 saturated carbocycles. The SMILES string of the molecule is O=C(/C=C/c1cccc2cccnc12)Nc1nc(-c2cc(Cl)sc2Cl)cs1. The Balaban J connectivity index is 1.50. The second kappa shape index (κ2) is 7.78. The summed E-state index contributed by atoms with van der Waals surface area (Å²) in [5.41, 5.74) is 3.18. The molecule has 0 atom stereocenters. The fourth-order valence-corrected chi connectivity index (χ4v) is 4.74. The number of aromatic nitrogens is 2. The van der Waals surface area contributed by atoms with Gasteiger partial charge in [0.1, 0.15) is 4.34 Å². The number of amides is 1. The van der Waals surface area contributed by atoms with Crippen molar-refractivity contribution in [2.75, 3.05) is 5.32 Å². The number of thiophene rings is 1. The molecule has 134 valence electrons. The number of anilines is 1. The van der Waals surface area contributed by atoms with Crippen molar-refractivity contribution in [3.8, 4) is 11.3 Å². The predicted molar refractivity (Wildman–Crippen MR) is 115 cm³/mol. The molecule has 0 aliphatic rings. The number of halogens is 2. The van der Waals surface area contributed by atoms with Gasteiger partial charge in [-0.25, -0.2) is 4.98 Å². The molecule has 8 heteroatoms. The molecule has 0 bridgehead atoms. The highest BCUT2D eigenvalue weighted by Gasteiger charge is 2.12. The van der Waals surface area contributed by atoms with Gasteiger partial charge in [0.2, 0.25) is 5.91 Å². The quantitative estimate of drug-likeness (QED) is 0.381. The van der Waals surface area contributed by atoms with E-state index in [-0.39, 0.29) is 5.91 Å². The van der Waals surface area contributed by atoms with Gasteiger partial charge in [0.05, 0.1) is 15.5 Å². The van der Waals surface area contributed by atoms with E-state index in [9.17, 15) is 4.79 Å². The van der Waals surface area contributed by atoms with Gasteiger partial charge < -0.3 is 0 Å². The van der Waals surface area contributed by atoms with Crippen LogP contribution in [0.1, 0.15) is 5.56 Å². The molecule has 1 amide bonds. The highest BCUT2D eigenvalue weighted by molar-refractivity contribution is 7.20. The van der Waals surface area contributed by atoms with Crippen LogP contribution in [0.15, 0.2) is 54.1 Å². The highest BCUT2D eigenvalue weighted by atomic mass is 35.5. The average Bonchev–Trinajstić information content (AvgIpc) is 3.25. The summed E-state index contributed by atoms with van der Waals surface area (Å²) in [4.78, 5) is 21.0. The Morgan fingerprint density at radius 2 is 2.04 bits per heavy atom. The first kappa shape index (κ1) is 18.1. The van der Waals surface area contributed by atoms with Crippen LogP contribution < -0.4 is 5.32 Å². The molecule has 1 N–H and O–H groups in total. The zero-order valence-corrected chi connectivity index (χ0v) is 16.8. The molecule has 1 aromatic carbocycles. The standard InChI is InChI=1S/C19H11Cl2N3OS2/c20-15-9-13(18(21)27-15)14-10-26-19(23-14)24-16(25)7-6-12-4-1-3-11-5-2-8-22-17(11)12/h1-10H,(H,23,24,25)/b7-6+. The van der Waals surface area contributed by atoms with Gasteiger partial charge in [-0.3, -0.25) is 15.1 Å². The molecule has 4 aromatic rings. The summed E-state index contributed by atoms with van der Waals surface area (Å²) in [5, 5.41) is 6.12. The molecule has 4 nitrogen and oxygen atoms in total. The topological polar surface area (TPSA) is 54.9 Å². The molecule has 0 aliphatic heterocycles. The van der Waals surface area contributed by atoms with Gasteiger partial charge in [-0.1, -0.05) is 47.5 Å². The number of hydrogen-bond acceptors (Lipinski definition) is 5. The Bertz CT molecular complexity index is 1160. The lowest BCUT2D eigenvalue weighted by molar-refractivity contribution is -0.111. The van der Waals surface area contributed by atoms with Crippen LogP contribution in [0.5, 0.6) is 0 Å². The minimum Gasteiger partial charge on any atom is -0.298 e. The molecule has 3 aromatic heterocycles. The number of thiazole rings is 1. The van der Waals surface area contributed by atoms with Gasteiger partial charge in [0, 0.05) is 34.2 Å². The van der Waals surface area contributed by atoms with Crippen molar-refractivity contribution in [1.82, 2.24) is 9.97 Å². The molecule has 27 heavy (non-hydrogen) atoms. The number of nitrogens with one attached hydrogen (secondary N) is 1. The number of rotatable bonds is 4. The van der Waals surface area contributed by atoms with Crippen LogP contribution in [0, 0.1) is 0 Å². The molecular weight excluding hydrogens is 421 g/mol. The Hall–Kier alpha value is -2.25. The van der Waals surface area contributed by atoms with Crippen LogP contribution in [-0.2, 0) is 4.79 Å². The fourth-order valence-electron chi connectivity index (χ4n) is 2.54. The summed E-state index contributed by atoms with van der Waals surface area (Å²) in [6.45, 7) is 0. The molecule has 0 radical (unpaired) electrons. The first-order valence-corrected chi connectivity index (χ1v) is 10.3. The smallest absolute Gasteiger partial charge is 0.250 e. The fraction of sp³-hybridized carbons (Fsp3) is 0. The largest absolute Gasteiger partial charge is 0.298 e. The van der Waals surface area contributed by atoms with Crippen molar-refractivity contribution in [3.63, 3.8) is 0 Å². The van der Waals surface area contributed by atoms with E-state index in [1.807, 2.05) is 35.7 Å². The Morgan fingerprint density at radius 3 is 2.85 bits per heavy atom. The Kier molecular flexibility index (Phi) is 5.22. The van der Waals surface area contributed by atoms with E-state index in [1.165, 1.54) is 28.7 Å². The van der Waals surface area contributed by atoms with Crippen molar-refractivity contribution < 1.29 is 4.79 Å². The molecule has 0 saturated heterocycles. The molecule has 0 aliphatic carbocycles. The number of nitrogens with zero attached hydrogens (tertiary/aromatic N) is 2. The maximum Gasteiger partial charge on any atom is 0.250 e. The minimum absolute atomic E-state index is 0.265.